The minimum Gasteiger partial charge on any atom is -0.394 e. The molecule has 0 aromatic rings. The molecule has 4 rings (SSSR count). The number of ether oxygens (including phenoxy) is 9. The van der Waals surface area contributed by atoms with E-state index in [4.69, 9.17) is 42.6 Å². The normalized spacial score (nSPS) is 24.5. The second kappa shape index (κ2) is 62.6. The highest BCUT2D eigenvalue weighted by molar-refractivity contribution is 5.79. The lowest BCUT2D eigenvalue weighted by atomic mass is 9.97. The molecule has 4 aliphatic rings. The Morgan fingerprint density at radius 3 is 0.984 bits per heavy atom. The van der Waals surface area contributed by atoms with Crippen LogP contribution in [0.2, 0.25) is 0 Å². The molecule has 15 unspecified atom stereocenters. The van der Waals surface area contributed by atoms with Gasteiger partial charge in [-0.1, -0.05) is 52.4 Å². The monoisotopic (exact) mass is 1750 g/mol. The van der Waals surface area contributed by atoms with E-state index >= 15 is 0 Å². The average Bonchev–Trinajstić information content (AvgIpc) is 1.00. The van der Waals surface area contributed by atoms with Crippen LogP contribution in [0.4, 0.5) is 0 Å². The van der Waals surface area contributed by atoms with Crippen LogP contribution in [0.3, 0.4) is 0 Å². The summed E-state index contributed by atoms with van der Waals surface area (Å²) < 4.78 is 52.3. The molecule has 0 saturated carbocycles. The highest BCUT2D eigenvalue weighted by atomic mass is 16.7. The molecule has 0 radical (unpaired) electrons. The van der Waals surface area contributed by atoms with E-state index in [9.17, 15) is 98.7 Å². The van der Waals surface area contributed by atoms with E-state index in [1.807, 2.05) is 0 Å². The SMILES string of the molecule is CC(=O)NC1C(OCCCCC(=O)NCCCNC(=O)CCOCC(COCCC(=O)NCCCNC(=O)CCCCOC2OC(CO)C(O)C(O)C2NC(C)=O)(COCCC(=O)NCCCNC(=O)CCCCOC2OC(CO)C(O)C(O)C2NC(C)=O)NC(=O)CCCCCCCCCCC(=O)N2CCC[C@H]2CCC(C)C)OC(CO)C(O)C1O. The lowest BCUT2D eigenvalue weighted by Crippen LogP contribution is -2.64. The Morgan fingerprint density at radius 1 is 0.377 bits per heavy atom. The fourth-order valence-corrected chi connectivity index (χ4v) is 14.4. The zero-order valence-electron chi connectivity index (χ0n) is 72.4. The number of aliphatic hydroxyl groups is 9. The number of rotatable bonds is 66. The summed E-state index contributed by atoms with van der Waals surface area (Å²) in [6.07, 6.45) is 0.0675. The molecule has 4 fully saturated rings. The van der Waals surface area contributed by atoms with E-state index in [2.05, 4.69) is 71.9 Å². The van der Waals surface area contributed by atoms with Gasteiger partial charge in [0.05, 0.1) is 59.5 Å². The zero-order chi connectivity index (χ0) is 89.6. The average molecular weight is 1750 g/mol. The van der Waals surface area contributed by atoms with Crippen molar-refractivity contribution in [1.29, 1.82) is 0 Å². The Bertz CT molecular complexity index is 2780. The van der Waals surface area contributed by atoms with Gasteiger partial charge in [-0.2, -0.15) is 0 Å². The molecule has 0 spiro atoms. The molecule has 40 nitrogen and oxygen atoms in total. The van der Waals surface area contributed by atoms with E-state index in [-0.39, 0.29) is 191 Å². The molecular weight excluding hydrogens is 1600 g/mol. The topological polar surface area (TPSA) is 576 Å². The predicted molar refractivity (Wildman–Crippen MR) is 440 cm³/mol. The van der Waals surface area contributed by atoms with Gasteiger partial charge < -0.3 is 147 Å². The van der Waals surface area contributed by atoms with Gasteiger partial charge in [0.15, 0.2) is 18.9 Å². The summed E-state index contributed by atoms with van der Waals surface area (Å²) in [5, 5.41) is 119. The number of carbonyl (C=O) groups is 11. The summed E-state index contributed by atoms with van der Waals surface area (Å²) in [7, 11) is 0. The van der Waals surface area contributed by atoms with Gasteiger partial charge >= 0.3 is 0 Å². The van der Waals surface area contributed by atoms with Gasteiger partial charge in [-0.15, -0.1) is 0 Å². The van der Waals surface area contributed by atoms with Crippen LogP contribution in [0, 0.1) is 5.92 Å². The standard InChI is InChI=1S/C82H147N11O29/c1-54(2)30-31-58-24-20-41-93(58)69(107)29-13-11-9-7-6-8-10-12-28-68(106)92-82(51-114-45-32-65(103)86-38-21-35-83-62(100)25-14-17-42-117-79-70(89-55(3)97)76(111)73(108)59(48-94)120-79,52-115-46-33-66(104)87-39-22-36-84-63(101)26-15-18-43-118-80-71(90-56(4)98)77(112)74(109)60(49-95)121-80)53-116-47-34-67(105)88-40-23-37-85-64(102)27-16-19-44-119-81-72(91-57(5)99)78(113)75(110)61(50-96)122-81/h54,58-61,70-81,94-96,108-113H,6-53H2,1-5H3,(H,83,100)(H,84,101)(H,85,102)(H,86,103)(H,87,104)(H,88,105)(H,89,97)(H,90,98)(H,91,99)(H,92,106)/t58-,59?,60?,61?,70?,71?,72?,73?,74?,75?,76?,77?,78?,79?,80?,81?,82?/m0/s1. The summed E-state index contributed by atoms with van der Waals surface area (Å²) in [6, 6.07) is -2.93. The Kier molecular flexibility index (Phi) is 55.3. The molecule has 704 valence electrons. The minimum atomic E-state index is -1.46. The number of hydrogen-bond acceptors (Lipinski definition) is 29. The van der Waals surface area contributed by atoms with Crippen molar-refractivity contribution in [3.05, 3.63) is 0 Å². The molecule has 0 bridgehead atoms. The van der Waals surface area contributed by atoms with Gasteiger partial charge in [-0.05, 0) is 102 Å². The third-order valence-electron chi connectivity index (χ3n) is 21.3. The Hall–Kier alpha value is -6.55. The molecule has 19 N–H and O–H groups in total. The van der Waals surface area contributed by atoms with Crippen LogP contribution in [-0.4, -0.2) is 344 Å². The molecule has 0 aromatic heterocycles. The molecule has 4 heterocycles. The molecular formula is C82H147N11O29. The highest BCUT2D eigenvalue weighted by Gasteiger charge is 2.48. The minimum absolute atomic E-state index is 0.0794. The van der Waals surface area contributed by atoms with Crippen LogP contribution >= 0.6 is 0 Å². The Balaban J connectivity index is 1.30. The van der Waals surface area contributed by atoms with Crippen molar-refractivity contribution < 1.29 is 141 Å². The first kappa shape index (κ1) is 108. The van der Waals surface area contributed by atoms with Gasteiger partial charge in [0.2, 0.25) is 65.0 Å². The van der Waals surface area contributed by atoms with E-state index < -0.39 is 135 Å². The van der Waals surface area contributed by atoms with Crippen LogP contribution in [0.5, 0.6) is 0 Å². The van der Waals surface area contributed by atoms with Gasteiger partial charge in [-0.25, -0.2) is 0 Å². The molecule has 4 aliphatic heterocycles. The van der Waals surface area contributed by atoms with Crippen molar-refractivity contribution in [2.45, 2.75) is 324 Å². The van der Waals surface area contributed by atoms with Crippen LogP contribution in [0.25, 0.3) is 0 Å². The first-order valence-electron chi connectivity index (χ1n) is 44.0. The molecule has 11 amide bonds. The molecule has 122 heavy (non-hydrogen) atoms. The second-order valence-electron chi connectivity index (χ2n) is 32.4. The van der Waals surface area contributed by atoms with Crippen LogP contribution < -0.4 is 53.2 Å². The van der Waals surface area contributed by atoms with Gasteiger partial charge in [0.25, 0.3) is 0 Å². The van der Waals surface area contributed by atoms with Gasteiger partial charge in [-0.3, -0.25) is 52.7 Å². The number of carbonyl (C=O) groups excluding carboxylic acids is 11. The smallest absolute Gasteiger partial charge is 0.222 e. The van der Waals surface area contributed by atoms with E-state index in [1.165, 1.54) is 20.8 Å². The molecule has 0 aliphatic carbocycles. The van der Waals surface area contributed by atoms with Crippen molar-refractivity contribution >= 4 is 65.0 Å². The number of aliphatic hydroxyl groups excluding tert-OH is 9. The lowest BCUT2D eigenvalue weighted by Gasteiger charge is -2.42. The molecule has 4 saturated heterocycles. The van der Waals surface area contributed by atoms with Gasteiger partial charge in [0, 0.05) is 144 Å². The van der Waals surface area contributed by atoms with Crippen molar-refractivity contribution in [2.75, 3.05) is 125 Å². The largest absolute Gasteiger partial charge is 0.394 e. The fourth-order valence-electron chi connectivity index (χ4n) is 14.4. The zero-order valence-corrected chi connectivity index (χ0v) is 72.4. The van der Waals surface area contributed by atoms with Crippen LogP contribution in [0.1, 0.15) is 221 Å². The molecule has 16 atom stereocenters. The summed E-state index contributed by atoms with van der Waals surface area (Å²) >= 11 is 0. The first-order valence-corrected chi connectivity index (χ1v) is 44.0. The number of hydrogen-bond donors (Lipinski definition) is 19. The van der Waals surface area contributed by atoms with E-state index in [1.54, 1.807) is 0 Å². The van der Waals surface area contributed by atoms with Crippen molar-refractivity contribution in [2.24, 2.45) is 5.92 Å². The summed E-state index contributed by atoms with van der Waals surface area (Å²) in [5.74, 6) is -2.79. The Morgan fingerprint density at radius 2 is 0.672 bits per heavy atom. The van der Waals surface area contributed by atoms with Crippen molar-refractivity contribution in [1.82, 2.24) is 58.1 Å². The summed E-state index contributed by atoms with van der Waals surface area (Å²) in [5.41, 5.74) is -1.41. The maximum atomic E-state index is 14.1. The maximum absolute atomic E-state index is 14.1. The van der Waals surface area contributed by atoms with Gasteiger partial charge in [0.1, 0.15) is 78.6 Å². The van der Waals surface area contributed by atoms with Crippen LogP contribution in [0.15, 0.2) is 0 Å². The number of nitrogens with zero attached hydrogens (tertiary/aromatic N) is 1. The molecule has 40 heteroatoms. The second-order valence-corrected chi connectivity index (χ2v) is 32.4. The van der Waals surface area contributed by atoms with Crippen molar-refractivity contribution in [3.63, 3.8) is 0 Å². The maximum Gasteiger partial charge on any atom is 0.222 e. The lowest BCUT2D eigenvalue weighted by molar-refractivity contribution is -0.270. The summed E-state index contributed by atoms with van der Waals surface area (Å²) in [6.45, 7) is 7.76. The third kappa shape index (κ3) is 44.1. The number of likely N-dealkylation sites (tertiary alicyclic amines) is 1. The summed E-state index contributed by atoms with van der Waals surface area (Å²) in [4.78, 5) is 142. The van der Waals surface area contributed by atoms with E-state index in [0.29, 0.717) is 82.6 Å². The van der Waals surface area contributed by atoms with Crippen LogP contribution in [-0.2, 0) is 95.4 Å². The highest BCUT2D eigenvalue weighted by Crippen LogP contribution is 2.28. The first-order chi connectivity index (χ1) is 58.5. The molecule has 0 aromatic carbocycles. The van der Waals surface area contributed by atoms with Crippen molar-refractivity contribution in [3.8, 4) is 0 Å². The van der Waals surface area contributed by atoms with E-state index in [0.717, 1.165) is 77.2 Å². The third-order valence-corrected chi connectivity index (χ3v) is 21.3. The number of nitrogens with one attached hydrogen (secondary N) is 10. The Labute approximate surface area is 716 Å². The quantitative estimate of drug-likeness (QED) is 0.0284. The predicted octanol–water partition coefficient (Wildman–Crippen LogP) is -2.35. The number of unbranched alkanes of at least 4 members (excludes halogenated alkanes) is 10. The fraction of sp³-hybridized carbons (Fsp3) is 0.866. The number of amides is 11.